The topological polar surface area (TPSA) is 69.4 Å². The van der Waals surface area contributed by atoms with E-state index in [4.69, 9.17) is 16.4 Å². The van der Waals surface area contributed by atoms with Crippen LogP contribution in [0.1, 0.15) is 0 Å². The second kappa shape index (κ2) is 4.54. The van der Waals surface area contributed by atoms with E-state index in [2.05, 4.69) is 20.7 Å². The van der Waals surface area contributed by atoms with Crippen molar-refractivity contribution in [2.24, 2.45) is 0 Å². The fraction of sp³-hybridized carbons (Fsp3) is 0.143. The van der Waals surface area contributed by atoms with Crippen LogP contribution in [0.5, 0.6) is 5.75 Å². The van der Waals surface area contributed by atoms with Crippen LogP contribution in [0.2, 0.25) is 0 Å². The number of alkyl halides is 3. The quantitative estimate of drug-likeness (QED) is 0.655. The molecule has 0 unspecified atom stereocenters. The lowest BCUT2D eigenvalue weighted by atomic mass is 10.3. The Morgan fingerprint density at radius 3 is 2.29 bits per heavy atom. The molecule has 96 valence electrons. The van der Waals surface area contributed by atoms with Crippen LogP contribution >= 0.6 is 26.6 Å². The average molecular weight is 355 g/mol. The molecular weight excluding hydrogens is 350 g/mol. The van der Waals surface area contributed by atoms with Crippen molar-refractivity contribution in [3.8, 4) is 5.75 Å². The van der Waals surface area contributed by atoms with Gasteiger partial charge in [-0.05, 0) is 22.0 Å². The molecule has 2 N–H and O–H groups in total. The first-order valence-corrected chi connectivity index (χ1v) is 6.90. The van der Waals surface area contributed by atoms with E-state index in [9.17, 15) is 21.6 Å². The summed E-state index contributed by atoms with van der Waals surface area (Å²) in [4.78, 5) is -0.828. The third-order valence-corrected chi connectivity index (χ3v) is 3.76. The van der Waals surface area contributed by atoms with E-state index < -0.39 is 26.1 Å². The van der Waals surface area contributed by atoms with Gasteiger partial charge < -0.3 is 10.5 Å². The number of rotatable bonds is 2. The van der Waals surface area contributed by atoms with Crippen LogP contribution in [0, 0.1) is 0 Å². The van der Waals surface area contributed by atoms with Crippen LogP contribution in [0.3, 0.4) is 0 Å². The molecule has 0 saturated heterocycles. The molecule has 0 bridgehead atoms. The van der Waals surface area contributed by atoms with E-state index in [0.29, 0.717) is 6.07 Å². The number of benzene rings is 1. The zero-order valence-electron chi connectivity index (χ0n) is 7.75. The van der Waals surface area contributed by atoms with Crippen molar-refractivity contribution in [3.63, 3.8) is 0 Å². The van der Waals surface area contributed by atoms with Crippen LogP contribution in [0.15, 0.2) is 21.5 Å². The fourth-order valence-corrected chi connectivity index (χ4v) is 3.51. The molecule has 0 aliphatic rings. The fourth-order valence-electron chi connectivity index (χ4n) is 1.03. The molecule has 10 heteroatoms. The number of nitrogen functional groups attached to an aromatic ring is 1. The summed E-state index contributed by atoms with van der Waals surface area (Å²) in [5, 5.41) is 0. The highest BCUT2D eigenvalue weighted by atomic mass is 79.9. The number of hydrogen-bond acceptors (Lipinski definition) is 4. The molecule has 0 aromatic heterocycles. The van der Waals surface area contributed by atoms with Gasteiger partial charge in [-0.25, -0.2) is 8.42 Å². The van der Waals surface area contributed by atoms with Crippen molar-refractivity contribution < 1.29 is 26.3 Å². The van der Waals surface area contributed by atoms with Crippen molar-refractivity contribution >= 4 is 41.4 Å². The van der Waals surface area contributed by atoms with E-state index >= 15 is 0 Å². The minimum atomic E-state index is -5.05. The smallest absolute Gasteiger partial charge is 0.404 e. The minimum absolute atomic E-state index is 0.111. The Bertz CT molecular complexity index is 546. The van der Waals surface area contributed by atoms with Gasteiger partial charge >= 0.3 is 6.36 Å². The predicted octanol–water partition coefficient (Wildman–Crippen LogP) is 2.86. The molecular formula is C7H4BrClF3NO3S. The predicted molar refractivity (Wildman–Crippen MR) is 58.3 cm³/mol. The number of anilines is 1. The molecule has 17 heavy (non-hydrogen) atoms. The maximum Gasteiger partial charge on any atom is 0.573 e. The summed E-state index contributed by atoms with van der Waals surface area (Å²) in [7, 11) is 0.596. The Kier molecular flexibility index (Phi) is 3.84. The van der Waals surface area contributed by atoms with Gasteiger partial charge in [0.1, 0.15) is 4.90 Å². The monoisotopic (exact) mass is 353 g/mol. The van der Waals surface area contributed by atoms with Gasteiger partial charge in [-0.15, -0.1) is 13.2 Å². The first-order valence-electron chi connectivity index (χ1n) is 3.80. The number of halogens is 5. The highest BCUT2D eigenvalue weighted by Crippen LogP contribution is 2.38. The standard InChI is InChI=1S/C7H4BrClF3NO3S/c8-4-1-3(13)2-5(16-7(10,11)12)6(4)17(9,14)15/h1-2H,13H2. The maximum absolute atomic E-state index is 12.1. The molecule has 0 radical (unpaired) electrons. The molecule has 0 aliphatic heterocycles. The summed E-state index contributed by atoms with van der Waals surface area (Å²) in [6.45, 7) is 0. The van der Waals surface area contributed by atoms with Gasteiger partial charge in [0.15, 0.2) is 5.75 Å². The molecule has 0 aliphatic carbocycles. The lowest BCUT2D eigenvalue weighted by molar-refractivity contribution is -0.275. The SMILES string of the molecule is Nc1cc(Br)c(S(=O)(=O)Cl)c(OC(F)(F)F)c1. The Morgan fingerprint density at radius 1 is 1.35 bits per heavy atom. The highest BCUT2D eigenvalue weighted by Gasteiger charge is 2.34. The van der Waals surface area contributed by atoms with E-state index in [1.165, 1.54) is 0 Å². The summed E-state index contributed by atoms with van der Waals surface area (Å²) in [6, 6.07) is 1.81. The van der Waals surface area contributed by atoms with Gasteiger partial charge in [-0.3, -0.25) is 0 Å². The molecule has 0 heterocycles. The lowest BCUT2D eigenvalue weighted by Crippen LogP contribution is -2.18. The normalized spacial score (nSPS) is 12.5. The van der Waals surface area contributed by atoms with Crippen LogP contribution in [0.25, 0.3) is 0 Å². The van der Waals surface area contributed by atoms with Gasteiger partial charge in [0.2, 0.25) is 0 Å². The summed E-state index contributed by atoms with van der Waals surface area (Å²) in [5.41, 5.74) is 5.16. The average Bonchev–Trinajstić information content (AvgIpc) is 1.94. The molecule has 1 aromatic rings. The van der Waals surface area contributed by atoms with Crippen LogP contribution in [0.4, 0.5) is 18.9 Å². The van der Waals surface area contributed by atoms with E-state index in [1.54, 1.807) is 0 Å². The van der Waals surface area contributed by atoms with E-state index in [1.807, 2.05) is 0 Å². The molecule has 0 atom stereocenters. The Balaban J connectivity index is 3.47. The van der Waals surface area contributed by atoms with Gasteiger partial charge in [0.25, 0.3) is 9.05 Å². The molecule has 1 aromatic carbocycles. The summed E-state index contributed by atoms with van der Waals surface area (Å²) in [6.07, 6.45) is -5.05. The Morgan fingerprint density at radius 2 is 1.88 bits per heavy atom. The third kappa shape index (κ3) is 3.93. The minimum Gasteiger partial charge on any atom is -0.404 e. The van der Waals surface area contributed by atoms with Crippen molar-refractivity contribution in [1.29, 1.82) is 0 Å². The van der Waals surface area contributed by atoms with Crippen LogP contribution in [-0.2, 0) is 9.05 Å². The second-order valence-electron chi connectivity index (χ2n) is 2.82. The zero-order chi connectivity index (χ0) is 13.4. The number of hydrogen-bond donors (Lipinski definition) is 1. The van der Waals surface area contributed by atoms with Crippen molar-refractivity contribution in [2.45, 2.75) is 11.3 Å². The second-order valence-corrected chi connectivity index (χ2v) is 6.17. The Labute approximate surface area is 107 Å². The molecule has 1 rings (SSSR count). The summed E-state index contributed by atoms with van der Waals surface area (Å²) >= 11 is 2.75. The molecule has 0 fully saturated rings. The molecule has 0 amide bonds. The largest absolute Gasteiger partial charge is 0.573 e. The first-order chi connectivity index (χ1) is 7.50. The number of nitrogens with two attached hydrogens (primary N) is 1. The Hall–Kier alpha value is -0.670. The molecule has 0 saturated carbocycles. The zero-order valence-corrected chi connectivity index (χ0v) is 10.9. The third-order valence-electron chi connectivity index (χ3n) is 1.50. The lowest BCUT2D eigenvalue weighted by Gasteiger charge is -2.13. The van der Waals surface area contributed by atoms with Gasteiger partial charge in [-0.2, -0.15) is 0 Å². The van der Waals surface area contributed by atoms with E-state index in [-0.39, 0.29) is 10.2 Å². The van der Waals surface area contributed by atoms with E-state index in [0.717, 1.165) is 6.07 Å². The van der Waals surface area contributed by atoms with Crippen molar-refractivity contribution in [2.75, 3.05) is 5.73 Å². The van der Waals surface area contributed by atoms with Crippen LogP contribution < -0.4 is 10.5 Å². The number of ether oxygens (including phenoxy) is 1. The first kappa shape index (κ1) is 14.4. The summed E-state index contributed by atoms with van der Waals surface area (Å²) < 4.78 is 61.7. The summed E-state index contributed by atoms with van der Waals surface area (Å²) in [5.74, 6) is -0.987. The van der Waals surface area contributed by atoms with Crippen molar-refractivity contribution in [3.05, 3.63) is 16.6 Å². The molecule has 4 nitrogen and oxygen atoms in total. The highest BCUT2D eigenvalue weighted by molar-refractivity contribution is 9.10. The molecule has 0 spiro atoms. The van der Waals surface area contributed by atoms with Crippen molar-refractivity contribution in [1.82, 2.24) is 0 Å². The van der Waals surface area contributed by atoms with Crippen LogP contribution in [-0.4, -0.2) is 14.8 Å². The van der Waals surface area contributed by atoms with Gasteiger partial charge in [0, 0.05) is 26.9 Å². The van der Waals surface area contributed by atoms with Gasteiger partial charge in [0.05, 0.1) is 0 Å². The van der Waals surface area contributed by atoms with Gasteiger partial charge in [-0.1, -0.05) is 0 Å². The maximum atomic E-state index is 12.1.